The van der Waals surface area contributed by atoms with E-state index in [2.05, 4.69) is 34.6 Å². The molecule has 0 spiro atoms. The number of ketones is 1. The van der Waals surface area contributed by atoms with Crippen LogP contribution in [0.4, 0.5) is 0 Å². The third-order valence-corrected chi connectivity index (χ3v) is 11.5. The lowest BCUT2D eigenvalue weighted by Gasteiger charge is -2.60. The van der Waals surface area contributed by atoms with Crippen molar-refractivity contribution in [3.8, 4) is 0 Å². The van der Waals surface area contributed by atoms with Gasteiger partial charge in [0.25, 0.3) is 0 Å². The van der Waals surface area contributed by atoms with Crippen LogP contribution < -0.4 is 0 Å². The number of rotatable bonds is 6. The van der Waals surface area contributed by atoms with Crippen LogP contribution in [0.15, 0.2) is 28.4 Å². The molecule has 4 fully saturated rings. The quantitative estimate of drug-likeness (QED) is 0.393. The van der Waals surface area contributed by atoms with Crippen LogP contribution in [0.5, 0.6) is 0 Å². The molecular weight excluding hydrogens is 416 g/mol. The highest BCUT2D eigenvalue weighted by atomic mass is 16.3. The van der Waals surface area contributed by atoms with E-state index >= 15 is 0 Å². The van der Waals surface area contributed by atoms with Crippen molar-refractivity contribution in [3.05, 3.63) is 29.7 Å². The molecular formula is C32H48O2. The lowest BCUT2D eigenvalue weighted by molar-refractivity contribution is -0.133. The van der Waals surface area contributed by atoms with E-state index in [1.807, 2.05) is 18.2 Å². The van der Waals surface area contributed by atoms with Gasteiger partial charge in [-0.25, -0.2) is 0 Å². The smallest absolute Gasteiger partial charge is 0.159 e. The Morgan fingerprint density at radius 1 is 1.03 bits per heavy atom. The predicted octanol–water partition coefficient (Wildman–Crippen LogP) is 8.96. The number of Topliss-reactive ketones (excluding diaryl/α,β-unsaturated/α-hetero) is 1. The molecule has 8 unspecified atom stereocenters. The van der Waals surface area contributed by atoms with Crippen molar-refractivity contribution >= 4 is 11.9 Å². The summed E-state index contributed by atoms with van der Waals surface area (Å²) >= 11 is 0. The topological polar surface area (TPSA) is 30.2 Å². The lowest BCUT2D eigenvalue weighted by atomic mass is 9.44. The van der Waals surface area contributed by atoms with Gasteiger partial charge in [-0.15, -0.1) is 0 Å². The summed E-state index contributed by atoms with van der Waals surface area (Å²) in [4.78, 5) is 13.0. The minimum Gasteiger partial charge on any atom is -0.465 e. The molecule has 0 aliphatic heterocycles. The van der Waals surface area contributed by atoms with Crippen LogP contribution in [0.1, 0.15) is 111 Å². The van der Waals surface area contributed by atoms with Gasteiger partial charge >= 0.3 is 0 Å². The fraction of sp³-hybridized carbons (Fsp3) is 0.781. The minimum absolute atomic E-state index is 0.275. The summed E-state index contributed by atoms with van der Waals surface area (Å²) in [5, 5.41) is 0. The summed E-state index contributed by atoms with van der Waals surface area (Å²) in [6, 6.07) is 3.90. The molecule has 0 aromatic carbocycles. The van der Waals surface area contributed by atoms with E-state index in [1.165, 1.54) is 57.8 Å². The summed E-state index contributed by atoms with van der Waals surface area (Å²) in [5.74, 6) is 6.94. The maximum atomic E-state index is 13.0. The van der Waals surface area contributed by atoms with Gasteiger partial charge in [-0.2, -0.15) is 0 Å². The fourth-order valence-corrected chi connectivity index (χ4v) is 9.71. The summed E-state index contributed by atoms with van der Waals surface area (Å²) in [6.07, 6.45) is 18.0. The van der Waals surface area contributed by atoms with Gasteiger partial charge in [-0.05, 0) is 121 Å². The molecule has 2 nitrogen and oxygen atoms in total. The molecule has 2 heteroatoms. The highest BCUT2D eigenvalue weighted by molar-refractivity contribution is 6.00. The van der Waals surface area contributed by atoms with Crippen LogP contribution >= 0.6 is 0 Å². The van der Waals surface area contributed by atoms with Crippen LogP contribution in [0.25, 0.3) is 6.08 Å². The van der Waals surface area contributed by atoms with Crippen molar-refractivity contribution in [3.63, 3.8) is 0 Å². The SMILES string of the molecule is CC(C)CCCC(C)C1CCC2C3CCC4CC(=O)C(=Cc5ccco5)CC4(C)C3CCC12C. The Balaban J connectivity index is 1.33. The van der Waals surface area contributed by atoms with Gasteiger partial charge in [0.1, 0.15) is 5.76 Å². The Bertz CT molecular complexity index is 894. The van der Waals surface area contributed by atoms with E-state index < -0.39 is 0 Å². The fourth-order valence-electron chi connectivity index (χ4n) is 9.71. The molecule has 4 aliphatic carbocycles. The molecule has 0 amide bonds. The number of allylic oxidation sites excluding steroid dienone is 1. The molecule has 188 valence electrons. The molecule has 4 aliphatic rings. The van der Waals surface area contributed by atoms with Crippen LogP contribution in [0.3, 0.4) is 0 Å². The maximum Gasteiger partial charge on any atom is 0.159 e. The molecule has 0 N–H and O–H groups in total. The molecule has 0 radical (unpaired) electrons. The Labute approximate surface area is 208 Å². The van der Waals surface area contributed by atoms with Crippen LogP contribution in [0.2, 0.25) is 0 Å². The number of carbonyl (C=O) groups is 1. The number of hydrogen-bond acceptors (Lipinski definition) is 2. The normalized spacial score (nSPS) is 41.9. The summed E-state index contributed by atoms with van der Waals surface area (Å²) in [5.41, 5.74) is 1.84. The van der Waals surface area contributed by atoms with Crippen molar-refractivity contribution in [2.45, 2.75) is 105 Å². The van der Waals surface area contributed by atoms with E-state index in [0.29, 0.717) is 17.1 Å². The predicted molar refractivity (Wildman–Crippen MR) is 140 cm³/mol. The van der Waals surface area contributed by atoms with E-state index in [-0.39, 0.29) is 5.41 Å². The standard InChI is InChI=1S/C32H48O2/c1-21(2)8-6-9-22(3)27-13-14-28-26-12-11-24-19-30(33)23(18-25-10-7-17-34-25)20-32(24,5)29(26)15-16-31(27,28)4/h7,10,17-18,21-22,24,26-29H,6,8-9,11-16,19-20H2,1-5H3. The van der Waals surface area contributed by atoms with Crippen molar-refractivity contribution in [2.75, 3.05) is 0 Å². The summed E-state index contributed by atoms with van der Waals surface area (Å²) in [7, 11) is 0. The molecule has 8 atom stereocenters. The van der Waals surface area contributed by atoms with Crippen molar-refractivity contribution in [2.24, 2.45) is 52.3 Å². The first kappa shape index (κ1) is 24.4. The largest absolute Gasteiger partial charge is 0.465 e. The third-order valence-electron chi connectivity index (χ3n) is 11.5. The Kier molecular flexibility index (Phi) is 6.66. The number of furan rings is 1. The lowest BCUT2D eigenvalue weighted by Crippen LogP contribution is -2.54. The van der Waals surface area contributed by atoms with Crippen LogP contribution in [-0.2, 0) is 4.79 Å². The van der Waals surface area contributed by atoms with E-state index in [0.717, 1.165) is 59.7 Å². The van der Waals surface area contributed by atoms with Crippen molar-refractivity contribution in [1.82, 2.24) is 0 Å². The van der Waals surface area contributed by atoms with Gasteiger partial charge in [-0.3, -0.25) is 4.79 Å². The maximum absolute atomic E-state index is 13.0. The molecule has 0 bridgehead atoms. The van der Waals surface area contributed by atoms with Gasteiger partial charge < -0.3 is 4.42 Å². The Morgan fingerprint density at radius 2 is 1.82 bits per heavy atom. The molecule has 5 rings (SSSR count). The second-order valence-corrected chi connectivity index (χ2v) is 13.7. The zero-order valence-electron chi connectivity index (χ0n) is 22.4. The van der Waals surface area contributed by atoms with Gasteiger partial charge in [0.2, 0.25) is 0 Å². The van der Waals surface area contributed by atoms with Gasteiger partial charge in [0.15, 0.2) is 5.78 Å². The molecule has 1 aromatic rings. The first-order chi connectivity index (χ1) is 16.2. The molecule has 4 saturated carbocycles. The first-order valence-electron chi connectivity index (χ1n) is 14.5. The van der Waals surface area contributed by atoms with Gasteiger partial charge in [0.05, 0.1) is 6.26 Å². The molecule has 0 saturated heterocycles. The second-order valence-electron chi connectivity index (χ2n) is 13.7. The van der Waals surface area contributed by atoms with E-state index in [4.69, 9.17) is 4.42 Å². The van der Waals surface area contributed by atoms with Crippen molar-refractivity contribution < 1.29 is 9.21 Å². The highest BCUT2D eigenvalue weighted by Crippen LogP contribution is 2.68. The summed E-state index contributed by atoms with van der Waals surface area (Å²) < 4.78 is 5.58. The number of hydrogen-bond donors (Lipinski definition) is 0. The highest BCUT2D eigenvalue weighted by Gasteiger charge is 2.61. The zero-order chi connectivity index (χ0) is 24.1. The van der Waals surface area contributed by atoms with Crippen molar-refractivity contribution in [1.29, 1.82) is 0 Å². The van der Waals surface area contributed by atoms with Gasteiger partial charge in [-0.1, -0.05) is 53.9 Å². The Morgan fingerprint density at radius 3 is 2.56 bits per heavy atom. The van der Waals surface area contributed by atoms with E-state index in [1.54, 1.807) is 6.26 Å². The minimum atomic E-state index is 0.275. The first-order valence-corrected chi connectivity index (χ1v) is 14.5. The average molecular weight is 465 g/mol. The van der Waals surface area contributed by atoms with Crippen LogP contribution in [-0.4, -0.2) is 5.78 Å². The average Bonchev–Trinajstić information content (AvgIpc) is 3.41. The van der Waals surface area contributed by atoms with Crippen LogP contribution in [0, 0.1) is 52.3 Å². The molecule has 1 aromatic heterocycles. The summed E-state index contributed by atoms with van der Waals surface area (Å²) in [6.45, 7) is 12.5. The van der Waals surface area contributed by atoms with E-state index in [9.17, 15) is 4.79 Å². The third kappa shape index (κ3) is 4.16. The molecule has 34 heavy (non-hydrogen) atoms. The van der Waals surface area contributed by atoms with Gasteiger partial charge in [0, 0.05) is 6.42 Å². The molecule has 1 heterocycles. The Hall–Kier alpha value is -1.31. The second kappa shape index (κ2) is 9.29. The monoisotopic (exact) mass is 464 g/mol. The number of carbonyl (C=O) groups excluding carboxylic acids is 1. The number of fused-ring (bicyclic) bond motifs is 5. The zero-order valence-corrected chi connectivity index (χ0v) is 22.4.